The molecule has 0 aliphatic carbocycles. The van der Waals surface area contributed by atoms with Crippen molar-refractivity contribution in [2.45, 2.75) is 25.8 Å². The zero-order valence-corrected chi connectivity index (χ0v) is 16.3. The summed E-state index contributed by atoms with van der Waals surface area (Å²) >= 11 is 9.57. The highest BCUT2D eigenvalue weighted by Crippen LogP contribution is 2.35. The summed E-state index contributed by atoms with van der Waals surface area (Å²) in [5.41, 5.74) is 1.82. The normalized spacial score (nSPS) is 17.2. The smallest absolute Gasteiger partial charge is 0.326 e. The predicted molar refractivity (Wildman–Crippen MR) is 102 cm³/mol. The van der Waals surface area contributed by atoms with Crippen molar-refractivity contribution in [3.05, 3.63) is 38.7 Å². The maximum absolute atomic E-state index is 12.6. The zero-order chi connectivity index (χ0) is 18.7. The summed E-state index contributed by atoms with van der Waals surface area (Å²) < 4.78 is 1.00. The van der Waals surface area contributed by atoms with E-state index in [0.717, 1.165) is 32.3 Å². The Bertz CT molecular complexity index is 793. The van der Waals surface area contributed by atoms with E-state index in [0.29, 0.717) is 4.91 Å². The molecule has 0 saturated carbocycles. The lowest BCUT2D eigenvalue weighted by molar-refractivity contribution is -0.146. The molecular formula is C16H14BrNO5S2. The number of halogens is 1. The van der Waals surface area contributed by atoms with Crippen molar-refractivity contribution in [1.29, 1.82) is 0 Å². The van der Waals surface area contributed by atoms with Gasteiger partial charge in [-0.1, -0.05) is 52.0 Å². The van der Waals surface area contributed by atoms with Crippen molar-refractivity contribution in [2.24, 2.45) is 0 Å². The summed E-state index contributed by atoms with van der Waals surface area (Å²) in [4.78, 5) is 36.1. The number of carbonyl (C=O) groups is 3. The molecule has 1 aliphatic rings. The molecule has 9 heteroatoms. The fourth-order valence-electron chi connectivity index (χ4n) is 2.22. The zero-order valence-electron chi connectivity index (χ0n) is 13.1. The van der Waals surface area contributed by atoms with Gasteiger partial charge in [0.25, 0.3) is 5.91 Å². The third-order valence-corrected chi connectivity index (χ3v) is 5.73. The van der Waals surface area contributed by atoms with Gasteiger partial charge in [-0.25, -0.2) is 4.79 Å². The highest BCUT2D eigenvalue weighted by atomic mass is 79.9. The molecular weight excluding hydrogens is 430 g/mol. The largest absolute Gasteiger partial charge is 0.481 e. The number of hydrogen-bond donors (Lipinski definition) is 2. The van der Waals surface area contributed by atoms with Gasteiger partial charge in [0.1, 0.15) is 10.4 Å². The minimum Gasteiger partial charge on any atom is -0.481 e. The highest BCUT2D eigenvalue weighted by Gasteiger charge is 2.40. The third-order valence-electron chi connectivity index (χ3n) is 3.55. The molecule has 0 unspecified atom stereocenters. The van der Waals surface area contributed by atoms with Gasteiger partial charge in [0.2, 0.25) is 0 Å². The minimum absolute atomic E-state index is 0.111. The Kier molecular flexibility index (Phi) is 6.36. The Morgan fingerprint density at radius 1 is 1.40 bits per heavy atom. The van der Waals surface area contributed by atoms with Gasteiger partial charge >= 0.3 is 11.9 Å². The van der Waals surface area contributed by atoms with Crippen LogP contribution in [0.5, 0.6) is 0 Å². The molecule has 0 spiro atoms. The van der Waals surface area contributed by atoms with E-state index in [1.54, 1.807) is 6.08 Å². The number of carbonyl (C=O) groups excluding carboxylic acids is 1. The van der Waals surface area contributed by atoms with Gasteiger partial charge in [-0.15, -0.1) is 0 Å². The van der Waals surface area contributed by atoms with Crippen molar-refractivity contribution < 1.29 is 24.6 Å². The number of amides is 1. The monoisotopic (exact) mass is 443 g/mol. The Labute approximate surface area is 162 Å². The molecule has 1 heterocycles. The number of aryl methyl sites for hydroxylation is 1. The summed E-state index contributed by atoms with van der Waals surface area (Å²) in [6.07, 6.45) is 1.07. The molecule has 0 bridgehead atoms. The van der Waals surface area contributed by atoms with Crippen LogP contribution in [0, 0.1) is 6.92 Å². The van der Waals surface area contributed by atoms with Crippen molar-refractivity contribution >= 4 is 68.2 Å². The summed E-state index contributed by atoms with van der Waals surface area (Å²) in [5.74, 6) is -2.93. The molecule has 1 atom stereocenters. The van der Waals surface area contributed by atoms with Crippen LogP contribution >= 0.6 is 39.9 Å². The van der Waals surface area contributed by atoms with Gasteiger partial charge in [0.15, 0.2) is 0 Å². The van der Waals surface area contributed by atoms with E-state index in [1.807, 2.05) is 25.1 Å². The van der Waals surface area contributed by atoms with Crippen LogP contribution in [0.1, 0.15) is 24.0 Å². The molecule has 132 valence electrons. The number of nitrogens with zero attached hydrogens (tertiary/aromatic N) is 1. The molecule has 1 aliphatic heterocycles. The molecule has 2 rings (SSSR count). The van der Waals surface area contributed by atoms with E-state index < -0.39 is 23.9 Å². The van der Waals surface area contributed by atoms with Crippen LogP contribution in [0.15, 0.2) is 27.6 Å². The third kappa shape index (κ3) is 4.68. The lowest BCUT2D eigenvalue weighted by Crippen LogP contribution is -2.44. The summed E-state index contributed by atoms with van der Waals surface area (Å²) in [6, 6.07) is 4.29. The van der Waals surface area contributed by atoms with E-state index in [1.165, 1.54) is 0 Å². The molecule has 0 aromatic heterocycles. The molecule has 1 aromatic carbocycles. The molecule has 1 amide bonds. The average molecular weight is 444 g/mol. The van der Waals surface area contributed by atoms with Gasteiger partial charge in [-0.3, -0.25) is 14.5 Å². The Morgan fingerprint density at radius 3 is 2.64 bits per heavy atom. The van der Waals surface area contributed by atoms with Crippen LogP contribution in [-0.2, 0) is 14.4 Å². The topological polar surface area (TPSA) is 94.9 Å². The average Bonchev–Trinajstić information content (AvgIpc) is 2.78. The quantitative estimate of drug-likeness (QED) is 0.514. The molecule has 0 radical (unpaired) electrons. The molecule has 1 fully saturated rings. The number of rotatable bonds is 6. The van der Waals surface area contributed by atoms with Gasteiger partial charge < -0.3 is 10.2 Å². The number of aliphatic carboxylic acids is 2. The van der Waals surface area contributed by atoms with Gasteiger partial charge in [0.05, 0.1) is 4.91 Å². The second-order valence-electron chi connectivity index (χ2n) is 5.35. The van der Waals surface area contributed by atoms with Gasteiger partial charge in [-0.2, -0.15) is 0 Å². The Balaban J connectivity index is 2.28. The molecule has 25 heavy (non-hydrogen) atoms. The van der Waals surface area contributed by atoms with E-state index in [9.17, 15) is 19.5 Å². The fourth-order valence-corrected chi connectivity index (χ4v) is 3.98. The number of benzene rings is 1. The minimum atomic E-state index is -1.29. The first-order valence-corrected chi connectivity index (χ1v) is 9.20. The van der Waals surface area contributed by atoms with E-state index in [-0.39, 0.29) is 17.2 Å². The lowest BCUT2D eigenvalue weighted by atomic mass is 10.1. The molecule has 1 aromatic rings. The van der Waals surface area contributed by atoms with Crippen molar-refractivity contribution in [3.8, 4) is 0 Å². The molecule has 2 N–H and O–H groups in total. The van der Waals surface area contributed by atoms with E-state index in [2.05, 4.69) is 15.9 Å². The first kappa shape index (κ1) is 19.6. The lowest BCUT2D eigenvalue weighted by Gasteiger charge is -2.22. The Hall–Kier alpha value is -1.71. The second kappa shape index (κ2) is 8.11. The van der Waals surface area contributed by atoms with Crippen molar-refractivity contribution in [3.63, 3.8) is 0 Å². The van der Waals surface area contributed by atoms with Crippen LogP contribution < -0.4 is 0 Å². The summed E-state index contributed by atoms with van der Waals surface area (Å²) in [6.45, 7) is 1.94. The van der Waals surface area contributed by atoms with Gasteiger partial charge in [-0.05, 0) is 36.6 Å². The second-order valence-corrected chi connectivity index (χ2v) is 7.88. The maximum atomic E-state index is 12.6. The van der Waals surface area contributed by atoms with Crippen LogP contribution in [0.25, 0.3) is 6.08 Å². The van der Waals surface area contributed by atoms with Crippen molar-refractivity contribution in [1.82, 2.24) is 4.90 Å². The first-order chi connectivity index (χ1) is 11.7. The fraction of sp³-hybridized carbons (Fsp3) is 0.250. The standard InChI is InChI=1S/C16H14BrNO5S2/c1-8-2-3-9(6-10(8)17)7-12-14(21)18(16(24)25-12)11(15(22)23)4-5-13(19)20/h2-3,6-7,11H,4-5H2,1H3,(H,19,20)(H,22,23)/b12-7-/t11-/m0/s1. The number of thioether (sulfide) groups is 1. The Morgan fingerprint density at radius 2 is 2.08 bits per heavy atom. The first-order valence-electron chi connectivity index (χ1n) is 7.18. The summed E-state index contributed by atoms with van der Waals surface area (Å²) in [5, 5.41) is 18.1. The highest BCUT2D eigenvalue weighted by molar-refractivity contribution is 9.10. The van der Waals surface area contributed by atoms with Crippen LogP contribution in [0.2, 0.25) is 0 Å². The van der Waals surface area contributed by atoms with Crippen molar-refractivity contribution in [2.75, 3.05) is 0 Å². The van der Waals surface area contributed by atoms with Crippen LogP contribution in [0.3, 0.4) is 0 Å². The summed E-state index contributed by atoms with van der Waals surface area (Å²) in [7, 11) is 0. The SMILES string of the molecule is Cc1ccc(/C=C2\SC(=S)N([C@@H](CCC(=O)O)C(=O)O)C2=O)cc1Br. The molecule has 1 saturated heterocycles. The van der Waals surface area contributed by atoms with E-state index >= 15 is 0 Å². The number of thiocarbonyl (C=S) groups is 1. The maximum Gasteiger partial charge on any atom is 0.326 e. The number of carboxylic acids is 2. The van der Waals surface area contributed by atoms with Crippen LogP contribution in [0.4, 0.5) is 0 Å². The van der Waals surface area contributed by atoms with Gasteiger partial charge in [0, 0.05) is 10.9 Å². The predicted octanol–water partition coefficient (Wildman–Crippen LogP) is 3.28. The van der Waals surface area contributed by atoms with E-state index in [4.69, 9.17) is 17.3 Å². The number of carboxylic acid groups (broad SMARTS) is 2. The number of hydrogen-bond acceptors (Lipinski definition) is 5. The van der Waals surface area contributed by atoms with Crippen LogP contribution in [-0.4, -0.2) is 43.3 Å². The molecule has 6 nitrogen and oxygen atoms in total.